The largest absolute Gasteiger partial charge is 0.481 e. The van der Waals surface area contributed by atoms with Gasteiger partial charge in [0.25, 0.3) is 10.0 Å². The lowest BCUT2D eigenvalue weighted by molar-refractivity contribution is -0.137. The Morgan fingerprint density at radius 3 is 2.61 bits per heavy atom. The molecule has 0 fully saturated rings. The van der Waals surface area contributed by atoms with E-state index in [0.717, 1.165) is 5.56 Å². The number of carboxylic acids is 1. The van der Waals surface area contributed by atoms with Crippen LogP contribution in [-0.4, -0.2) is 35.1 Å². The Bertz CT molecular complexity index is 756. The minimum absolute atomic E-state index is 0.0756. The average Bonchev–Trinajstić information content (AvgIpc) is 2.93. The molecule has 1 aromatic heterocycles. The summed E-state index contributed by atoms with van der Waals surface area (Å²) in [6, 6.07) is 8.83. The van der Waals surface area contributed by atoms with Crippen molar-refractivity contribution in [3.05, 3.63) is 48.4 Å². The van der Waals surface area contributed by atoms with Crippen LogP contribution in [0.25, 0.3) is 0 Å². The fourth-order valence-electron chi connectivity index (χ4n) is 2.21. The second-order valence-corrected chi connectivity index (χ2v) is 6.98. The van der Waals surface area contributed by atoms with E-state index in [4.69, 9.17) is 5.11 Å². The summed E-state index contributed by atoms with van der Waals surface area (Å²) < 4.78 is 28.8. The molecule has 0 aliphatic rings. The van der Waals surface area contributed by atoms with Gasteiger partial charge in [-0.25, -0.2) is 18.1 Å². The highest BCUT2D eigenvalue weighted by atomic mass is 32.2. The van der Waals surface area contributed by atoms with Crippen molar-refractivity contribution in [2.75, 3.05) is 0 Å². The average molecular weight is 337 g/mol. The van der Waals surface area contributed by atoms with Gasteiger partial charge in [-0.1, -0.05) is 30.3 Å². The van der Waals surface area contributed by atoms with Crippen molar-refractivity contribution in [1.82, 2.24) is 14.3 Å². The van der Waals surface area contributed by atoms with Crippen molar-refractivity contribution in [2.24, 2.45) is 7.05 Å². The molecule has 1 atom stereocenters. The van der Waals surface area contributed by atoms with E-state index in [1.165, 1.54) is 17.1 Å². The lowest BCUT2D eigenvalue weighted by Crippen LogP contribution is -2.37. The Hall–Kier alpha value is -2.19. The first-order chi connectivity index (χ1) is 10.9. The third-order valence-electron chi connectivity index (χ3n) is 3.31. The molecule has 1 unspecified atom stereocenters. The summed E-state index contributed by atoms with van der Waals surface area (Å²) in [4.78, 5) is 14.6. The van der Waals surface area contributed by atoms with E-state index < -0.39 is 22.0 Å². The Kier molecular flexibility index (Phi) is 5.51. The topological polar surface area (TPSA) is 101 Å². The quantitative estimate of drug-likeness (QED) is 0.753. The summed E-state index contributed by atoms with van der Waals surface area (Å²) in [5, 5.41) is 8.78. The van der Waals surface area contributed by atoms with E-state index in [2.05, 4.69) is 9.71 Å². The number of carboxylic acid groups (broad SMARTS) is 1. The van der Waals surface area contributed by atoms with Crippen LogP contribution < -0.4 is 4.72 Å². The molecule has 2 N–H and O–H groups in total. The Morgan fingerprint density at radius 2 is 2.04 bits per heavy atom. The zero-order chi connectivity index (χ0) is 16.9. The second-order valence-electron chi connectivity index (χ2n) is 5.32. The Balaban J connectivity index is 2.14. The number of hydrogen-bond donors (Lipinski definition) is 2. The summed E-state index contributed by atoms with van der Waals surface area (Å²) in [6.45, 7) is 0. The van der Waals surface area contributed by atoms with Gasteiger partial charge in [0.15, 0.2) is 5.03 Å². The van der Waals surface area contributed by atoms with Crippen molar-refractivity contribution < 1.29 is 18.3 Å². The summed E-state index contributed by atoms with van der Waals surface area (Å²) in [5.74, 6) is -0.958. The van der Waals surface area contributed by atoms with Crippen molar-refractivity contribution >= 4 is 16.0 Å². The molecule has 1 heterocycles. The van der Waals surface area contributed by atoms with E-state index in [1.807, 2.05) is 30.3 Å². The molecule has 7 nitrogen and oxygen atoms in total. The number of aromatic nitrogens is 2. The van der Waals surface area contributed by atoms with Crippen LogP contribution in [0.3, 0.4) is 0 Å². The minimum Gasteiger partial charge on any atom is -0.481 e. The molecule has 0 aliphatic heterocycles. The van der Waals surface area contributed by atoms with Crippen molar-refractivity contribution in [1.29, 1.82) is 0 Å². The number of imidazole rings is 1. The minimum atomic E-state index is -3.78. The highest BCUT2D eigenvalue weighted by molar-refractivity contribution is 7.89. The number of aryl methyl sites for hydroxylation is 1. The van der Waals surface area contributed by atoms with Crippen LogP contribution >= 0.6 is 0 Å². The number of rotatable bonds is 8. The maximum Gasteiger partial charge on any atom is 0.303 e. The number of benzene rings is 1. The highest BCUT2D eigenvalue weighted by Gasteiger charge is 2.23. The van der Waals surface area contributed by atoms with E-state index in [9.17, 15) is 13.2 Å². The van der Waals surface area contributed by atoms with E-state index in [1.54, 1.807) is 7.05 Å². The molecular weight excluding hydrogens is 318 g/mol. The number of nitrogens with zero attached hydrogens (tertiary/aromatic N) is 2. The van der Waals surface area contributed by atoms with Crippen molar-refractivity contribution in [3.63, 3.8) is 0 Å². The SMILES string of the molecule is Cn1cnc(S(=O)(=O)NC(CCC(=O)O)Cc2ccccc2)c1. The molecule has 23 heavy (non-hydrogen) atoms. The van der Waals surface area contributed by atoms with Gasteiger partial charge in [-0.05, 0) is 18.4 Å². The van der Waals surface area contributed by atoms with E-state index in [-0.39, 0.29) is 17.9 Å². The molecule has 0 radical (unpaired) electrons. The molecule has 0 spiro atoms. The number of carbonyl (C=O) groups is 1. The van der Waals surface area contributed by atoms with Crippen LogP contribution in [0.15, 0.2) is 47.9 Å². The summed E-state index contributed by atoms with van der Waals surface area (Å²) in [6.07, 6.45) is 3.32. The van der Waals surface area contributed by atoms with Crippen LogP contribution in [0.2, 0.25) is 0 Å². The van der Waals surface area contributed by atoms with Gasteiger partial charge in [0.2, 0.25) is 0 Å². The normalized spacial score (nSPS) is 12.9. The maximum atomic E-state index is 12.4. The van der Waals surface area contributed by atoms with Gasteiger partial charge in [-0.3, -0.25) is 4.79 Å². The molecule has 0 bridgehead atoms. The van der Waals surface area contributed by atoms with Gasteiger partial charge >= 0.3 is 5.97 Å². The monoisotopic (exact) mass is 337 g/mol. The zero-order valence-electron chi connectivity index (χ0n) is 12.7. The van der Waals surface area contributed by atoms with Gasteiger partial charge in [0, 0.05) is 25.7 Å². The van der Waals surface area contributed by atoms with Gasteiger partial charge in [-0.15, -0.1) is 0 Å². The molecule has 1 aromatic carbocycles. The van der Waals surface area contributed by atoms with Gasteiger partial charge in [0.1, 0.15) is 0 Å². The van der Waals surface area contributed by atoms with Gasteiger partial charge in [0.05, 0.1) is 6.33 Å². The Labute approximate surface area is 135 Å². The lowest BCUT2D eigenvalue weighted by Gasteiger charge is -2.17. The molecule has 8 heteroatoms. The third-order valence-corrected chi connectivity index (χ3v) is 4.72. The maximum absolute atomic E-state index is 12.4. The molecular formula is C15H19N3O4S. The number of hydrogen-bond acceptors (Lipinski definition) is 4. The fourth-order valence-corrected chi connectivity index (χ4v) is 3.46. The molecule has 0 saturated heterocycles. The Morgan fingerprint density at radius 1 is 1.35 bits per heavy atom. The highest BCUT2D eigenvalue weighted by Crippen LogP contribution is 2.12. The molecule has 0 aliphatic carbocycles. The molecule has 124 valence electrons. The smallest absolute Gasteiger partial charge is 0.303 e. The van der Waals surface area contributed by atoms with Crippen LogP contribution in [0.1, 0.15) is 18.4 Å². The van der Waals surface area contributed by atoms with Crippen molar-refractivity contribution in [2.45, 2.75) is 30.3 Å². The summed E-state index contributed by atoms with van der Waals surface area (Å²) in [7, 11) is -2.10. The van der Waals surface area contributed by atoms with Crippen LogP contribution in [0.4, 0.5) is 0 Å². The third kappa shape index (κ3) is 5.19. The van der Waals surface area contributed by atoms with Crippen LogP contribution in [0.5, 0.6) is 0 Å². The van der Waals surface area contributed by atoms with E-state index >= 15 is 0 Å². The van der Waals surface area contributed by atoms with E-state index in [0.29, 0.717) is 6.42 Å². The van der Waals surface area contributed by atoms with Gasteiger partial charge < -0.3 is 9.67 Å². The number of aliphatic carboxylic acids is 1. The fraction of sp³-hybridized carbons (Fsp3) is 0.333. The second kappa shape index (κ2) is 7.38. The first kappa shape index (κ1) is 17.2. The predicted molar refractivity (Wildman–Crippen MR) is 84.3 cm³/mol. The lowest BCUT2D eigenvalue weighted by atomic mass is 10.0. The van der Waals surface area contributed by atoms with Crippen LogP contribution in [0, 0.1) is 0 Å². The first-order valence-corrected chi connectivity index (χ1v) is 8.61. The molecule has 0 amide bonds. The predicted octanol–water partition coefficient (Wildman–Crippen LogP) is 1.17. The summed E-state index contributed by atoms with van der Waals surface area (Å²) >= 11 is 0. The van der Waals surface area contributed by atoms with Gasteiger partial charge in [-0.2, -0.15) is 0 Å². The molecule has 2 rings (SSSR count). The summed E-state index contributed by atoms with van der Waals surface area (Å²) in [5.41, 5.74) is 0.937. The molecule has 2 aromatic rings. The first-order valence-electron chi connectivity index (χ1n) is 7.13. The standard InChI is InChI=1S/C15H19N3O4S/c1-18-10-14(16-11-18)23(21,22)17-13(7-8-15(19)20)9-12-5-3-2-4-6-12/h2-6,10-11,13,17H,7-9H2,1H3,(H,19,20). The number of nitrogens with one attached hydrogen (secondary N) is 1. The zero-order valence-corrected chi connectivity index (χ0v) is 13.5. The molecule has 0 saturated carbocycles. The number of sulfonamides is 1. The van der Waals surface area contributed by atoms with Crippen LogP contribution in [-0.2, 0) is 28.3 Å². The van der Waals surface area contributed by atoms with Crippen molar-refractivity contribution in [3.8, 4) is 0 Å².